The first-order valence-corrected chi connectivity index (χ1v) is 8.42. The zero-order valence-corrected chi connectivity index (χ0v) is 14.0. The molecule has 0 bridgehead atoms. The molecule has 0 radical (unpaired) electrons. The fourth-order valence-electron chi connectivity index (χ4n) is 2.61. The molecule has 0 unspecified atom stereocenters. The van der Waals surface area contributed by atoms with Gasteiger partial charge in [0.1, 0.15) is 5.78 Å². The van der Waals surface area contributed by atoms with Gasteiger partial charge in [0.25, 0.3) is 0 Å². The molecule has 2 rings (SSSR count). The Balaban J connectivity index is 2.20. The van der Waals surface area contributed by atoms with Crippen LogP contribution < -0.4 is 0 Å². The SMILES string of the molecule is CCCCC(=O)Cc1ccc2nc(C)c(CCCC)nc2c1. The highest BCUT2D eigenvalue weighted by Crippen LogP contribution is 2.17. The molecule has 0 fully saturated rings. The van der Waals surface area contributed by atoms with Crippen molar-refractivity contribution < 1.29 is 4.79 Å². The lowest BCUT2D eigenvalue weighted by Crippen LogP contribution is -2.03. The molecule has 1 aromatic heterocycles. The molecular weight excluding hydrogens is 272 g/mol. The van der Waals surface area contributed by atoms with E-state index in [1.54, 1.807) is 0 Å². The topological polar surface area (TPSA) is 42.9 Å². The molecule has 3 heteroatoms. The minimum Gasteiger partial charge on any atom is -0.299 e. The first-order valence-electron chi connectivity index (χ1n) is 8.42. The van der Waals surface area contributed by atoms with Crippen LogP contribution in [0.2, 0.25) is 0 Å². The lowest BCUT2D eigenvalue weighted by Gasteiger charge is -2.07. The van der Waals surface area contributed by atoms with Gasteiger partial charge in [0.15, 0.2) is 0 Å². The molecule has 0 atom stereocenters. The van der Waals surface area contributed by atoms with E-state index >= 15 is 0 Å². The van der Waals surface area contributed by atoms with E-state index in [1.807, 2.05) is 25.1 Å². The van der Waals surface area contributed by atoms with Crippen molar-refractivity contribution in [3.8, 4) is 0 Å². The van der Waals surface area contributed by atoms with Crippen molar-refractivity contribution in [1.82, 2.24) is 9.97 Å². The van der Waals surface area contributed by atoms with Gasteiger partial charge < -0.3 is 0 Å². The molecule has 118 valence electrons. The fraction of sp³-hybridized carbons (Fsp3) is 0.526. The monoisotopic (exact) mass is 298 g/mol. The van der Waals surface area contributed by atoms with E-state index in [1.165, 1.54) is 0 Å². The van der Waals surface area contributed by atoms with Gasteiger partial charge in [0.05, 0.1) is 22.4 Å². The normalized spacial score (nSPS) is 11.0. The number of aryl methyl sites for hydroxylation is 2. The van der Waals surface area contributed by atoms with Gasteiger partial charge in [-0.15, -0.1) is 0 Å². The summed E-state index contributed by atoms with van der Waals surface area (Å²) in [5, 5.41) is 0. The number of nitrogens with zero attached hydrogens (tertiary/aromatic N) is 2. The molecule has 0 saturated heterocycles. The van der Waals surface area contributed by atoms with Crippen LogP contribution in [0.3, 0.4) is 0 Å². The zero-order chi connectivity index (χ0) is 15.9. The number of hydrogen-bond donors (Lipinski definition) is 0. The minimum atomic E-state index is 0.312. The van der Waals surface area contributed by atoms with E-state index in [4.69, 9.17) is 4.98 Å². The highest BCUT2D eigenvalue weighted by atomic mass is 16.1. The fourth-order valence-corrected chi connectivity index (χ4v) is 2.61. The van der Waals surface area contributed by atoms with Crippen molar-refractivity contribution >= 4 is 16.8 Å². The van der Waals surface area contributed by atoms with E-state index in [0.29, 0.717) is 18.6 Å². The summed E-state index contributed by atoms with van der Waals surface area (Å²) in [4.78, 5) is 21.4. The number of carbonyl (C=O) groups excluding carboxylic acids is 1. The zero-order valence-electron chi connectivity index (χ0n) is 14.0. The number of Topliss-reactive ketones (excluding diaryl/α,β-unsaturated/α-hetero) is 1. The van der Waals surface area contributed by atoms with Crippen molar-refractivity contribution in [2.75, 3.05) is 0 Å². The third-order valence-electron chi connectivity index (χ3n) is 3.98. The van der Waals surface area contributed by atoms with Crippen LogP contribution in [0.15, 0.2) is 18.2 Å². The molecule has 0 spiro atoms. The molecule has 2 aromatic rings. The average molecular weight is 298 g/mol. The lowest BCUT2D eigenvalue weighted by atomic mass is 10.0. The Morgan fingerprint density at radius 2 is 1.82 bits per heavy atom. The number of unbranched alkanes of at least 4 members (excludes halogenated alkanes) is 2. The van der Waals surface area contributed by atoms with Crippen LogP contribution in [-0.4, -0.2) is 15.8 Å². The predicted molar refractivity (Wildman–Crippen MR) is 91.1 cm³/mol. The van der Waals surface area contributed by atoms with Crippen molar-refractivity contribution in [3.63, 3.8) is 0 Å². The van der Waals surface area contributed by atoms with Crippen LogP contribution in [0.5, 0.6) is 0 Å². The van der Waals surface area contributed by atoms with Crippen LogP contribution in [0.1, 0.15) is 62.9 Å². The molecule has 0 amide bonds. The van der Waals surface area contributed by atoms with Gasteiger partial charge in [-0.25, -0.2) is 9.97 Å². The molecule has 1 aromatic carbocycles. The number of hydrogen-bond acceptors (Lipinski definition) is 3. The summed E-state index contributed by atoms with van der Waals surface area (Å²) in [7, 11) is 0. The molecule has 22 heavy (non-hydrogen) atoms. The molecule has 0 aliphatic heterocycles. The molecule has 1 heterocycles. The molecule has 0 aliphatic rings. The molecule has 0 saturated carbocycles. The van der Waals surface area contributed by atoms with Gasteiger partial charge in [-0.2, -0.15) is 0 Å². The second-order valence-electron chi connectivity index (χ2n) is 6.00. The van der Waals surface area contributed by atoms with Gasteiger partial charge in [0, 0.05) is 12.8 Å². The van der Waals surface area contributed by atoms with Crippen LogP contribution >= 0.6 is 0 Å². The van der Waals surface area contributed by atoms with Crippen molar-refractivity contribution in [3.05, 3.63) is 35.2 Å². The van der Waals surface area contributed by atoms with Gasteiger partial charge in [-0.3, -0.25) is 4.79 Å². The Morgan fingerprint density at radius 3 is 2.55 bits per heavy atom. The Labute approximate surface area is 133 Å². The van der Waals surface area contributed by atoms with Crippen molar-refractivity contribution in [2.45, 2.75) is 65.7 Å². The maximum Gasteiger partial charge on any atom is 0.137 e. The van der Waals surface area contributed by atoms with Crippen LogP contribution in [0, 0.1) is 6.92 Å². The van der Waals surface area contributed by atoms with E-state index in [9.17, 15) is 4.79 Å². The van der Waals surface area contributed by atoms with Gasteiger partial charge >= 0.3 is 0 Å². The van der Waals surface area contributed by atoms with E-state index in [0.717, 1.165) is 60.1 Å². The summed E-state index contributed by atoms with van der Waals surface area (Å²) in [5.74, 6) is 0.312. The summed E-state index contributed by atoms with van der Waals surface area (Å²) in [5.41, 5.74) is 4.99. The molecule has 3 nitrogen and oxygen atoms in total. The first-order chi connectivity index (χ1) is 10.6. The number of carbonyl (C=O) groups is 1. The van der Waals surface area contributed by atoms with Gasteiger partial charge in [0.2, 0.25) is 0 Å². The number of benzene rings is 1. The second-order valence-corrected chi connectivity index (χ2v) is 6.00. The van der Waals surface area contributed by atoms with Crippen molar-refractivity contribution in [1.29, 1.82) is 0 Å². The van der Waals surface area contributed by atoms with E-state index in [-0.39, 0.29) is 0 Å². The quantitative estimate of drug-likeness (QED) is 0.716. The summed E-state index contributed by atoms with van der Waals surface area (Å²) in [6, 6.07) is 6.02. The maximum absolute atomic E-state index is 11.9. The summed E-state index contributed by atoms with van der Waals surface area (Å²) in [6.07, 6.45) is 6.50. The third-order valence-corrected chi connectivity index (χ3v) is 3.98. The van der Waals surface area contributed by atoms with Crippen molar-refractivity contribution in [2.24, 2.45) is 0 Å². The van der Waals surface area contributed by atoms with Gasteiger partial charge in [-0.1, -0.05) is 32.8 Å². The Hall–Kier alpha value is -1.77. The number of rotatable bonds is 8. The third kappa shape index (κ3) is 4.36. The Bertz CT molecular complexity index is 649. The summed E-state index contributed by atoms with van der Waals surface area (Å²) < 4.78 is 0. The predicted octanol–water partition coefficient (Wildman–Crippen LogP) is 4.58. The molecular formula is C19H26N2O. The largest absolute Gasteiger partial charge is 0.299 e. The standard InChI is InChI=1S/C19H26N2O/c1-4-6-8-16(22)12-15-10-11-18-19(13-15)21-17(9-7-5-2)14(3)20-18/h10-11,13H,4-9,12H2,1-3H3. The van der Waals surface area contributed by atoms with Crippen LogP contribution in [0.4, 0.5) is 0 Å². The maximum atomic E-state index is 11.9. The Morgan fingerprint density at radius 1 is 1.05 bits per heavy atom. The van der Waals surface area contributed by atoms with Crippen LogP contribution in [-0.2, 0) is 17.6 Å². The lowest BCUT2D eigenvalue weighted by molar-refractivity contribution is -0.118. The number of ketones is 1. The molecule has 0 aliphatic carbocycles. The van der Waals surface area contributed by atoms with E-state index in [2.05, 4.69) is 18.8 Å². The average Bonchev–Trinajstić information content (AvgIpc) is 2.51. The minimum absolute atomic E-state index is 0.312. The Kier molecular flexibility index (Phi) is 6.05. The first kappa shape index (κ1) is 16.6. The second kappa shape index (κ2) is 8.02. The van der Waals surface area contributed by atoms with Gasteiger partial charge in [-0.05, 0) is 43.9 Å². The molecule has 0 N–H and O–H groups in total. The van der Waals surface area contributed by atoms with E-state index < -0.39 is 0 Å². The summed E-state index contributed by atoms with van der Waals surface area (Å²) in [6.45, 7) is 6.32. The number of fused-ring (bicyclic) bond motifs is 1. The highest BCUT2D eigenvalue weighted by Gasteiger charge is 2.08. The highest BCUT2D eigenvalue weighted by molar-refractivity contribution is 5.83. The number of aromatic nitrogens is 2. The summed E-state index contributed by atoms with van der Waals surface area (Å²) >= 11 is 0. The van der Waals surface area contributed by atoms with Crippen LogP contribution in [0.25, 0.3) is 11.0 Å². The smallest absolute Gasteiger partial charge is 0.137 e.